The van der Waals surface area contributed by atoms with E-state index in [1.54, 1.807) is 0 Å². The number of rotatable bonds is 3. The summed E-state index contributed by atoms with van der Waals surface area (Å²) in [6.07, 6.45) is 0. The van der Waals surface area contributed by atoms with Gasteiger partial charge in [-0.2, -0.15) is 0 Å². The fourth-order valence-electron chi connectivity index (χ4n) is 1.13. The molecule has 4 nitrogen and oxygen atoms in total. The van der Waals surface area contributed by atoms with Gasteiger partial charge in [0, 0.05) is 11.6 Å². The molecule has 0 saturated carbocycles. The van der Waals surface area contributed by atoms with E-state index in [4.69, 9.17) is 15.6 Å². The maximum absolute atomic E-state index is 13.0. The second-order valence-electron chi connectivity index (χ2n) is 2.83. The maximum Gasteiger partial charge on any atom is 0.163 e. The number of aromatic hydroxyl groups is 1. The lowest BCUT2D eigenvalue weighted by Crippen LogP contribution is -2.15. The summed E-state index contributed by atoms with van der Waals surface area (Å²) in [5.74, 6) is -0.807. The van der Waals surface area contributed by atoms with Gasteiger partial charge in [-0.3, -0.25) is 0 Å². The molecular weight excluding hydrogens is 189 g/mol. The summed E-state index contributed by atoms with van der Waals surface area (Å²) in [5, 5.41) is 18.3. The minimum atomic E-state index is -0.820. The highest BCUT2D eigenvalue weighted by atomic mass is 19.1. The highest BCUT2D eigenvalue weighted by molar-refractivity contribution is 5.47. The molecule has 0 aromatic heterocycles. The molecule has 0 heterocycles. The summed E-state index contributed by atoms with van der Waals surface area (Å²) in [6, 6.07) is 1.29. The van der Waals surface area contributed by atoms with Gasteiger partial charge in [0.2, 0.25) is 0 Å². The molecule has 1 aromatic rings. The van der Waals surface area contributed by atoms with E-state index in [1.807, 2.05) is 0 Å². The lowest BCUT2D eigenvalue weighted by Gasteiger charge is -2.13. The number of phenolic OH excluding ortho intramolecular Hbond substituents is 1. The largest absolute Gasteiger partial charge is 0.504 e. The highest BCUT2D eigenvalue weighted by Gasteiger charge is 2.15. The van der Waals surface area contributed by atoms with Gasteiger partial charge in [0.05, 0.1) is 19.8 Å². The Morgan fingerprint density at radius 1 is 1.57 bits per heavy atom. The molecule has 0 aliphatic carbocycles. The molecule has 1 rings (SSSR count). The van der Waals surface area contributed by atoms with Crippen molar-refractivity contribution in [2.75, 3.05) is 13.7 Å². The smallest absolute Gasteiger partial charge is 0.163 e. The van der Waals surface area contributed by atoms with Gasteiger partial charge in [-0.1, -0.05) is 0 Å². The number of halogens is 1. The Morgan fingerprint density at radius 3 is 2.71 bits per heavy atom. The number of hydrogen-bond acceptors (Lipinski definition) is 4. The minimum Gasteiger partial charge on any atom is -0.504 e. The van der Waals surface area contributed by atoms with Crippen molar-refractivity contribution in [2.24, 2.45) is 5.73 Å². The third-order valence-electron chi connectivity index (χ3n) is 1.89. The van der Waals surface area contributed by atoms with Crippen LogP contribution in [0.3, 0.4) is 0 Å². The van der Waals surface area contributed by atoms with Crippen molar-refractivity contribution in [3.8, 4) is 11.5 Å². The molecule has 0 radical (unpaired) electrons. The molecule has 0 aliphatic heterocycles. The number of ether oxygens (including phenoxy) is 1. The molecule has 78 valence electrons. The Labute approximate surface area is 80.7 Å². The Hall–Kier alpha value is -1.33. The average Bonchev–Trinajstić information content (AvgIpc) is 2.19. The van der Waals surface area contributed by atoms with Crippen LogP contribution in [-0.4, -0.2) is 23.9 Å². The van der Waals surface area contributed by atoms with Gasteiger partial charge in [-0.25, -0.2) is 4.39 Å². The maximum atomic E-state index is 13.0. The lowest BCUT2D eigenvalue weighted by atomic mass is 10.1. The van der Waals surface area contributed by atoms with E-state index >= 15 is 0 Å². The number of nitrogens with two attached hydrogens (primary N) is 1. The van der Waals surface area contributed by atoms with Crippen LogP contribution in [0.15, 0.2) is 12.1 Å². The molecule has 0 spiro atoms. The van der Waals surface area contributed by atoms with E-state index in [-0.39, 0.29) is 23.7 Å². The van der Waals surface area contributed by atoms with Crippen molar-refractivity contribution in [3.05, 3.63) is 23.5 Å². The second-order valence-corrected chi connectivity index (χ2v) is 2.83. The molecule has 0 bridgehead atoms. The van der Waals surface area contributed by atoms with E-state index in [2.05, 4.69) is 0 Å². The van der Waals surface area contributed by atoms with Crippen LogP contribution in [0.4, 0.5) is 4.39 Å². The Balaban J connectivity index is 3.21. The Kier molecular flexibility index (Phi) is 3.27. The van der Waals surface area contributed by atoms with Gasteiger partial charge in [0.1, 0.15) is 5.82 Å². The molecule has 0 amide bonds. The molecule has 0 aliphatic rings. The van der Waals surface area contributed by atoms with Gasteiger partial charge >= 0.3 is 0 Å². The molecule has 1 atom stereocenters. The van der Waals surface area contributed by atoms with Gasteiger partial charge < -0.3 is 20.7 Å². The van der Waals surface area contributed by atoms with Crippen molar-refractivity contribution in [1.82, 2.24) is 0 Å². The van der Waals surface area contributed by atoms with E-state index in [0.717, 1.165) is 12.1 Å². The van der Waals surface area contributed by atoms with Crippen LogP contribution in [0.25, 0.3) is 0 Å². The summed E-state index contributed by atoms with van der Waals surface area (Å²) in [5.41, 5.74) is 5.58. The van der Waals surface area contributed by atoms with Crippen LogP contribution in [-0.2, 0) is 0 Å². The quantitative estimate of drug-likeness (QED) is 0.666. The van der Waals surface area contributed by atoms with Gasteiger partial charge in [0.15, 0.2) is 11.5 Å². The third-order valence-corrected chi connectivity index (χ3v) is 1.89. The summed E-state index contributed by atoms with van der Waals surface area (Å²) in [4.78, 5) is 0. The molecule has 0 unspecified atom stereocenters. The van der Waals surface area contributed by atoms with Crippen LogP contribution in [0.1, 0.15) is 11.6 Å². The molecule has 0 fully saturated rings. The molecular formula is C9H12FNO3. The fourth-order valence-corrected chi connectivity index (χ4v) is 1.13. The van der Waals surface area contributed by atoms with Crippen LogP contribution < -0.4 is 10.5 Å². The van der Waals surface area contributed by atoms with Gasteiger partial charge in [-0.15, -0.1) is 0 Å². The van der Waals surface area contributed by atoms with E-state index in [1.165, 1.54) is 7.11 Å². The van der Waals surface area contributed by atoms with Crippen molar-refractivity contribution in [3.63, 3.8) is 0 Å². The first-order valence-corrected chi connectivity index (χ1v) is 4.03. The van der Waals surface area contributed by atoms with Crippen molar-refractivity contribution in [2.45, 2.75) is 6.04 Å². The van der Waals surface area contributed by atoms with Crippen LogP contribution in [0.2, 0.25) is 0 Å². The predicted molar refractivity (Wildman–Crippen MR) is 48.6 cm³/mol. The van der Waals surface area contributed by atoms with Crippen molar-refractivity contribution >= 4 is 0 Å². The second kappa shape index (κ2) is 4.26. The third kappa shape index (κ3) is 1.94. The molecule has 1 aromatic carbocycles. The summed E-state index contributed by atoms with van der Waals surface area (Å²) in [6.45, 7) is -0.375. The highest BCUT2D eigenvalue weighted by Crippen LogP contribution is 2.33. The Bertz CT molecular complexity index is 330. The SMILES string of the molecule is COc1cc(F)cc([C@@H](N)CO)c1O. The topological polar surface area (TPSA) is 75.7 Å². The van der Waals surface area contributed by atoms with Crippen LogP contribution in [0.5, 0.6) is 11.5 Å². The molecule has 5 heteroatoms. The van der Waals surface area contributed by atoms with E-state index in [0.29, 0.717) is 0 Å². The van der Waals surface area contributed by atoms with Crippen molar-refractivity contribution in [1.29, 1.82) is 0 Å². The molecule has 4 N–H and O–H groups in total. The number of phenols is 1. The number of hydrogen-bond donors (Lipinski definition) is 3. The number of aliphatic hydroxyl groups is 1. The molecule has 14 heavy (non-hydrogen) atoms. The fraction of sp³-hybridized carbons (Fsp3) is 0.333. The summed E-state index contributed by atoms with van der Waals surface area (Å²) < 4.78 is 17.7. The first-order valence-electron chi connectivity index (χ1n) is 4.03. The number of methoxy groups -OCH3 is 1. The van der Waals surface area contributed by atoms with E-state index in [9.17, 15) is 9.50 Å². The predicted octanol–water partition coefficient (Wildman–Crippen LogP) is 0.532. The van der Waals surface area contributed by atoms with Crippen LogP contribution in [0, 0.1) is 5.82 Å². The zero-order valence-electron chi connectivity index (χ0n) is 7.70. The van der Waals surface area contributed by atoms with Crippen molar-refractivity contribution < 1.29 is 19.3 Å². The number of benzene rings is 1. The first kappa shape index (κ1) is 10.7. The normalized spacial score (nSPS) is 12.6. The van der Waals surface area contributed by atoms with E-state index < -0.39 is 11.9 Å². The number of aliphatic hydroxyl groups excluding tert-OH is 1. The zero-order chi connectivity index (χ0) is 10.7. The first-order chi connectivity index (χ1) is 6.60. The zero-order valence-corrected chi connectivity index (χ0v) is 7.70. The Morgan fingerprint density at radius 2 is 2.21 bits per heavy atom. The lowest BCUT2D eigenvalue weighted by molar-refractivity contribution is 0.263. The summed E-state index contributed by atoms with van der Waals surface area (Å²) >= 11 is 0. The van der Waals surface area contributed by atoms with Gasteiger partial charge in [-0.05, 0) is 6.07 Å². The standard InChI is InChI=1S/C9H12FNO3/c1-14-8-3-5(10)2-6(9(8)13)7(11)4-12/h2-3,7,12-13H,4,11H2,1H3/t7-/m0/s1. The van der Waals surface area contributed by atoms with Gasteiger partial charge in [0.25, 0.3) is 0 Å². The summed E-state index contributed by atoms with van der Waals surface area (Å²) in [7, 11) is 1.31. The minimum absolute atomic E-state index is 0.00361. The van der Waals surface area contributed by atoms with Crippen LogP contribution >= 0.6 is 0 Å². The monoisotopic (exact) mass is 201 g/mol. The average molecular weight is 201 g/mol. The molecule has 0 saturated heterocycles.